The number of benzene rings is 1. The average molecular weight is 346 g/mol. The minimum absolute atomic E-state index is 0.151. The second-order valence-electron chi connectivity index (χ2n) is 5.79. The Morgan fingerprint density at radius 1 is 1.24 bits per heavy atom. The third kappa shape index (κ3) is 3.43. The van der Waals surface area contributed by atoms with E-state index >= 15 is 0 Å². The van der Waals surface area contributed by atoms with Gasteiger partial charge in [0, 0.05) is 12.8 Å². The number of aryl methyl sites for hydroxylation is 1. The van der Waals surface area contributed by atoms with Crippen molar-refractivity contribution >= 4 is 17.6 Å². The van der Waals surface area contributed by atoms with E-state index in [1.807, 2.05) is 0 Å². The molecular weight excluding hydrogens is 327 g/mol. The van der Waals surface area contributed by atoms with Crippen LogP contribution in [0.25, 0.3) is 0 Å². The summed E-state index contributed by atoms with van der Waals surface area (Å²) < 4.78 is 25.1. The number of fused-ring (bicyclic) bond motifs is 1. The molecular formula is C17H19FN4O3. The van der Waals surface area contributed by atoms with Crippen LogP contribution in [-0.4, -0.2) is 46.8 Å². The summed E-state index contributed by atoms with van der Waals surface area (Å²) in [6, 6.07) is 5.48. The molecule has 2 atom stereocenters. The van der Waals surface area contributed by atoms with E-state index in [1.54, 1.807) is 30.7 Å². The Morgan fingerprint density at radius 3 is 2.64 bits per heavy atom. The van der Waals surface area contributed by atoms with Gasteiger partial charge in [-0.2, -0.15) is 10.1 Å². The van der Waals surface area contributed by atoms with Gasteiger partial charge in [-0.05, 0) is 31.5 Å². The van der Waals surface area contributed by atoms with Crippen LogP contribution in [0.3, 0.4) is 0 Å². The number of nitrogens with zero attached hydrogens (tertiary/aromatic N) is 4. The van der Waals surface area contributed by atoms with E-state index in [0.717, 1.165) is 5.56 Å². The highest BCUT2D eigenvalue weighted by Gasteiger charge is 2.40. The Kier molecular flexibility index (Phi) is 4.89. The van der Waals surface area contributed by atoms with Gasteiger partial charge in [-0.1, -0.05) is 12.1 Å². The zero-order chi connectivity index (χ0) is 18.0. The van der Waals surface area contributed by atoms with Crippen LogP contribution in [0, 0.1) is 18.7 Å². The molecule has 1 aromatic carbocycles. The third-order valence-electron chi connectivity index (χ3n) is 4.02. The fraction of sp³-hybridized carbons (Fsp3) is 0.412. The maximum Gasteiger partial charge on any atom is 0.317 e. The molecule has 2 heterocycles. The molecule has 1 aliphatic heterocycles. The fourth-order valence-electron chi connectivity index (χ4n) is 2.89. The second-order valence-corrected chi connectivity index (χ2v) is 5.79. The molecule has 3 rings (SSSR count). The Morgan fingerprint density at radius 2 is 1.96 bits per heavy atom. The molecule has 0 bridgehead atoms. The van der Waals surface area contributed by atoms with Gasteiger partial charge in [-0.3, -0.25) is 4.79 Å². The van der Waals surface area contributed by atoms with Gasteiger partial charge >= 0.3 is 5.97 Å². The van der Waals surface area contributed by atoms with Crippen molar-refractivity contribution in [2.45, 2.75) is 19.9 Å². The molecule has 8 heteroatoms. The monoisotopic (exact) mass is 346 g/mol. The molecule has 0 N–H and O–H groups in total. The first-order valence-corrected chi connectivity index (χ1v) is 7.90. The highest BCUT2D eigenvalue weighted by molar-refractivity contribution is 6.03. The summed E-state index contributed by atoms with van der Waals surface area (Å²) in [5.74, 6) is -0.473. The molecule has 0 fully saturated rings. The SMILES string of the molecule is COCCOC(=O)C1C(C)=Nc2nc(C)nn2C1c1ccc(F)cc1. The fourth-order valence-corrected chi connectivity index (χ4v) is 2.89. The van der Waals surface area contributed by atoms with E-state index < -0.39 is 17.9 Å². The van der Waals surface area contributed by atoms with Crippen LogP contribution < -0.4 is 0 Å². The summed E-state index contributed by atoms with van der Waals surface area (Å²) in [6.45, 7) is 3.97. The van der Waals surface area contributed by atoms with Gasteiger partial charge in [0.25, 0.3) is 0 Å². The number of methoxy groups -OCH3 is 1. The van der Waals surface area contributed by atoms with Gasteiger partial charge in [0.05, 0.1) is 12.6 Å². The number of aromatic nitrogens is 3. The number of aliphatic imine (C=N–C) groups is 1. The maximum absolute atomic E-state index is 13.3. The molecule has 0 saturated heterocycles. The van der Waals surface area contributed by atoms with Crippen LogP contribution in [0.2, 0.25) is 0 Å². The zero-order valence-electron chi connectivity index (χ0n) is 14.3. The number of esters is 1. The van der Waals surface area contributed by atoms with Gasteiger partial charge < -0.3 is 9.47 Å². The summed E-state index contributed by atoms with van der Waals surface area (Å²) in [5.41, 5.74) is 1.31. The molecule has 0 saturated carbocycles. The standard InChI is InChI=1S/C17H19FN4O3/c1-10-14(16(23)25-9-8-24-3)15(12-4-6-13(18)7-5-12)22-17(19-10)20-11(2)21-22/h4-7,14-15H,8-9H2,1-3H3. The molecule has 0 radical (unpaired) electrons. The lowest BCUT2D eigenvalue weighted by Gasteiger charge is -2.29. The van der Waals surface area contributed by atoms with E-state index in [-0.39, 0.29) is 12.4 Å². The molecule has 0 aliphatic carbocycles. The van der Waals surface area contributed by atoms with Crippen LogP contribution in [-0.2, 0) is 14.3 Å². The van der Waals surface area contributed by atoms with Gasteiger partial charge in [0.1, 0.15) is 24.2 Å². The highest BCUT2D eigenvalue weighted by Crippen LogP contribution is 2.36. The second kappa shape index (κ2) is 7.10. The Labute approximate surface area is 144 Å². The van der Waals surface area contributed by atoms with Crippen molar-refractivity contribution in [2.24, 2.45) is 10.9 Å². The van der Waals surface area contributed by atoms with Crippen molar-refractivity contribution in [3.8, 4) is 0 Å². The first-order chi connectivity index (χ1) is 12.0. The zero-order valence-corrected chi connectivity index (χ0v) is 14.3. The number of hydrogen-bond acceptors (Lipinski definition) is 6. The van der Waals surface area contributed by atoms with Gasteiger partial charge in [-0.25, -0.2) is 14.1 Å². The number of hydrogen-bond donors (Lipinski definition) is 0. The average Bonchev–Trinajstić information content (AvgIpc) is 2.94. The summed E-state index contributed by atoms with van der Waals surface area (Å²) in [7, 11) is 1.53. The van der Waals surface area contributed by atoms with Gasteiger partial charge in [0.15, 0.2) is 0 Å². The number of carbonyl (C=O) groups is 1. The first-order valence-electron chi connectivity index (χ1n) is 7.90. The van der Waals surface area contributed by atoms with E-state index in [0.29, 0.717) is 24.1 Å². The van der Waals surface area contributed by atoms with Crippen LogP contribution in [0.15, 0.2) is 29.3 Å². The summed E-state index contributed by atoms with van der Waals surface area (Å²) >= 11 is 0. The molecule has 1 aromatic heterocycles. The maximum atomic E-state index is 13.3. The van der Waals surface area contributed by atoms with Crippen molar-refractivity contribution in [2.75, 3.05) is 20.3 Å². The molecule has 132 valence electrons. The first kappa shape index (κ1) is 17.2. The predicted octanol–water partition coefficient (Wildman–Crippen LogP) is 2.23. The largest absolute Gasteiger partial charge is 0.463 e. The topological polar surface area (TPSA) is 78.6 Å². The summed E-state index contributed by atoms with van der Waals surface area (Å²) in [6.07, 6.45) is 0. The third-order valence-corrected chi connectivity index (χ3v) is 4.02. The molecule has 2 aromatic rings. The molecule has 1 aliphatic rings. The Hall–Kier alpha value is -2.61. The van der Waals surface area contributed by atoms with Crippen LogP contribution in [0.1, 0.15) is 24.4 Å². The van der Waals surface area contributed by atoms with E-state index in [2.05, 4.69) is 15.1 Å². The minimum Gasteiger partial charge on any atom is -0.463 e. The van der Waals surface area contributed by atoms with Crippen LogP contribution >= 0.6 is 0 Å². The van der Waals surface area contributed by atoms with Crippen molar-refractivity contribution < 1.29 is 18.7 Å². The summed E-state index contributed by atoms with van der Waals surface area (Å²) in [5, 5.41) is 4.37. The Bertz CT molecular complexity index is 801. The number of ether oxygens (including phenoxy) is 2. The summed E-state index contributed by atoms with van der Waals surface area (Å²) in [4.78, 5) is 21.3. The molecule has 0 spiro atoms. The minimum atomic E-state index is -0.670. The Balaban J connectivity index is 2.01. The molecule has 25 heavy (non-hydrogen) atoms. The predicted molar refractivity (Wildman–Crippen MR) is 88.4 cm³/mol. The van der Waals surface area contributed by atoms with Crippen molar-refractivity contribution in [3.05, 3.63) is 41.5 Å². The van der Waals surface area contributed by atoms with Gasteiger partial charge in [0.2, 0.25) is 5.95 Å². The van der Waals surface area contributed by atoms with E-state index in [4.69, 9.17) is 9.47 Å². The van der Waals surface area contributed by atoms with Crippen molar-refractivity contribution in [1.82, 2.24) is 14.8 Å². The van der Waals surface area contributed by atoms with Crippen molar-refractivity contribution in [1.29, 1.82) is 0 Å². The number of rotatable bonds is 5. The highest BCUT2D eigenvalue weighted by atomic mass is 19.1. The van der Waals surface area contributed by atoms with Gasteiger partial charge in [-0.15, -0.1) is 0 Å². The molecule has 2 unspecified atom stereocenters. The van der Waals surface area contributed by atoms with Crippen LogP contribution in [0.5, 0.6) is 0 Å². The van der Waals surface area contributed by atoms with E-state index in [1.165, 1.54) is 19.2 Å². The van der Waals surface area contributed by atoms with E-state index in [9.17, 15) is 9.18 Å². The smallest absolute Gasteiger partial charge is 0.317 e. The molecule has 7 nitrogen and oxygen atoms in total. The lowest BCUT2D eigenvalue weighted by Crippen LogP contribution is -2.37. The number of halogens is 1. The van der Waals surface area contributed by atoms with Crippen LogP contribution in [0.4, 0.5) is 10.3 Å². The molecule has 0 amide bonds. The lowest BCUT2D eigenvalue weighted by molar-refractivity contribution is -0.148. The normalized spacial score (nSPS) is 19.3. The lowest BCUT2D eigenvalue weighted by atomic mass is 9.88. The van der Waals surface area contributed by atoms with Crippen molar-refractivity contribution in [3.63, 3.8) is 0 Å². The number of carbonyl (C=O) groups excluding carboxylic acids is 1. The quantitative estimate of drug-likeness (QED) is 0.613.